The topological polar surface area (TPSA) is 17.1 Å². The normalized spacial score (nSPS) is 11.4. The van der Waals surface area contributed by atoms with Gasteiger partial charge in [-0.1, -0.05) is 52.0 Å². The van der Waals surface area contributed by atoms with Gasteiger partial charge in [0.2, 0.25) is 0 Å². The molecule has 0 radical (unpaired) electrons. The van der Waals surface area contributed by atoms with Crippen molar-refractivity contribution in [3.8, 4) is 0 Å². The highest BCUT2D eigenvalue weighted by Crippen LogP contribution is 2.30. The summed E-state index contributed by atoms with van der Waals surface area (Å²) < 4.78 is 0. The summed E-state index contributed by atoms with van der Waals surface area (Å²) in [5.74, 6) is 1.00. The fraction of sp³-hybridized carbons (Fsp3) is 0.353. The zero-order valence-electron chi connectivity index (χ0n) is 11.5. The van der Waals surface area contributed by atoms with Crippen LogP contribution in [-0.4, -0.2) is 6.29 Å². The largest absolute Gasteiger partial charge is 0.298 e. The molecule has 1 heteroatoms. The lowest BCUT2D eigenvalue weighted by atomic mass is 9.90. The molecule has 0 aliphatic rings. The average Bonchev–Trinajstić information content (AvgIpc) is 2.36. The van der Waals surface area contributed by atoms with E-state index in [0.717, 1.165) is 11.8 Å². The third kappa shape index (κ3) is 2.31. The van der Waals surface area contributed by atoms with E-state index in [-0.39, 0.29) is 0 Å². The monoisotopic (exact) mass is 240 g/mol. The molecule has 94 valence electrons. The number of aldehydes is 1. The fourth-order valence-electron chi connectivity index (χ4n) is 2.33. The number of hydrogen-bond donors (Lipinski definition) is 0. The van der Waals surface area contributed by atoms with E-state index in [1.165, 1.54) is 21.9 Å². The first kappa shape index (κ1) is 12.8. The molecule has 0 spiro atoms. The zero-order chi connectivity index (χ0) is 13.3. The molecule has 0 saturated heterocycles. The van der Waals surface area contributed by atoms with Crippen molar-refractivity contribution >= 4 is 17.1 Å². The molecular formula is C17H20O. The van der Waals surface area contributed by atoms with Crippen LogP contribution in [0.5, 0.6) is 0 Å². The van der Waals surface area contributed by atoms with Gasteiger partial charge in [-0.2, -0.15) is 0 Å². The first-order chi connectivity index (χ1) is 8.52. The molecule has 0 aliphatic carbocycles. The van der Waals surface area contributed by atoms with Gasteiger partial charge in [0, 0.05) is 5.56 Å². The second-order valence-corrected chi connectivity index (χ2v) is 5.52. The van der Waals surface area contributed by atoms with Gasteiger partial charge in [0.25, 0.3) is 0 Å². The molecule has 0 N–H and O–H groups in total. The van der Waals surface area contributed by atoms with E-state index in [1.54, 1.807) is 0 Å². The van der Waals surface area contributed by atoms with Gasteiger partial charge in [-0.15, -0.1) is 0 Å². The number of fused-ring (bicyclic) bond motifs is 1. The SMILES string of the molecule is CC(C)c1cc(C(C)C)c2ccc(C=O)cc2c1. The molecule has 2 aromatic carbocycles. The molecular weight excluding hydrogens is 220 g/mol. The van der Waals surface area contributed by atoms with Gasteiger partial charge in [0.05, 0.1) is 0 Å². The van der Waals surface area contributed by atoms with Crippen LogP contribution in [0.3, 0.4) is 0 Å². The maximum atomic E-state index is 10.9. The lowest BCUT2D eigenvalue weighted by Gasteiger charge is -2.15. The molecule has 0 saturated carbocycles. The smallest absolute Gasteiger partial charge is 0.150 e. The Kier molecular flexibility index (Phi) is 3.51. The number of benzene rings is 2. The van der Waals surface area contributed by atoms with Crippen LogP contribution in [0, 0.1) is 0 Å². The zero-order valence-corrected chi connectivity index (χ0v) is 11.5. The summed E-state index contributed by atoms with van der Waals surface area (Å²) in [5, 5.41) is 2.44. The maximum absolute atomic E-state index is 10.9. The van der Waals surface area contributed by atoms with Crippen molar-refractivity contribution in [2.45, 2.75) is 39.5 Å². The van der Waals surface area contributed by atoms with E-state index >= 15 is 0 Å². The molecule has 0 fully saturated rings. The van der Waals surface area contributed by atoms with Crippen molar-refractivity contribution in [1.82, 2.24) is 0 Å². The van der Waals surface area contributed by atoms with Gasteiger partial charge in [-0.3, -0.25) is 4.79 Å². The first-order valence-corrected chi connectivity index (χ1v) is 6.55. The summed E-state index contributed by atoms with van der Waals surface area (Å²) in [4.78, 5) is 10.9. The number of carbonyl (C=O) groups is 1. The highest BCUT2D eigenvalue weighted by atomic mass is 16.1. The van der Waals surface area contributed by atoms with Crippen LogP contribution in [0.2, 0.25) is 0 Å². The van der Waals surface area contributed by atoms with Crippen molar-refractivity contribution in [1.29, 1.82) is 0 Å². The Morgan fingerprint density at radius 3 is 2.22 bits per heavy atom. The minimum atomic E-state index is 0.494. The first-order valence-electron chi connectivity index (χ1n) is 6.55. The average molecular weight is 240 g/mol. The molecule has 2 rings (SSSR count). The minimum Gasteiger partial charge on any atom is -0.298 e. The van der Waals surface area contributed by atoms with E-state index in [2.05, 4.69) is 45.9 Å². The summed E-state index contributed by atoms with van der Waals surface area (Å²) in [5.41, 5.74) is 3.46. The van der Waals surface area contributed by atoms with Gasteiger partial charge in [-0.05, 0) is 39.8 Å². The van der Waals surface area contributed by atoms with E-state index < -0.39 is 0 Å². The standard InChI is InChI=1S/C17H20O/c1-11(2)14-8-15-7-13(10-18)5-6-16(15)17(9-14)12(3)4/h5-12H,1-4H3. The van der Waals surface area contributed by atoms with Crippen molar-refractivity contribution < 1.29 is 4.79 Å². The molecule has 0 aliphatic heterocycles. The second kappa shape index (κ2) is 4.93. The van der Waals surface area contributed by atoms with Crippen LogP contribution in [0.1, 0.15) is 61.0 Å². The highest BCUT2D eigenvalue weighted by Gasteiger charge is 2.10. The van der Waals surface area contributed by atoms with Gasteiger partial charge >= 0.3 is 0 Å². The number of hydrogen-bond acceptors (Lipinski definition) is 1. The van der Waals surface area contributed by atoms with Crippen LogP contribution in [0.15, 0.2) is 30.3 Å². The predicted molar refractivity (Wildman–Crippen MR) is 77.5 cm³/mol. The Labute approximate surface area is 109 Å². The molecule has 0 aromatic heterocycles. The van der Waals surface area contributed by atoms with Gasteiger partial charge < -0.3 is 0 Å². The van der Waals surface area contributed by atoms with Crippen molar-refractivity contribution in [3.63, 3.8) is 0 Å². The van der Waals surface area contributed by atoms with E-state index in [4.69, 9.17) is 0 Å². The fourth-order valence-corrected chi connectivity index (χ4v) is 2.33. The van der Waals surface area contributed by atoms with E-state index in [0.29, 0.717) is 11.8 Å². The minimum absolute atomic E-state index is 0.494. The molecule has 2 aromatic rings. The Bertz CT molecular complexity index is 579. The Morgan fingerprint density at radius 2 is 1.67 bits per heavy atom. The summed E-state index contributed by atoms with van der Waals surface area (Å²) in [6, 6.07) is 10.5. The molecule has 0 atom stereocenters. The Morgan fingerprint density at radius 1 is 0.944 bits per heavy atom. The lowest BCUT2D eigenvalue weighted by molar-refractivity contribution is 0.112. The Balaban J connectivity index is 2.76. The van der Waals surface area contributed by atoms with Crippen LogP contribution in [-0.2, 0) is 0 Å². The lowest BCUT2D eigenvalue weighted by Crippen LogP contribution is -1.96. The summed E-state index contributed by atoms with van der Waals surface area (Å²) in [7, 11) is 0. The van der Waals surface area contributed by atoms with Crippen molar-refractivity contribution in [2.24, 2.45) is 0 Å². The highest BCUT2D eigenvalue weighted by molar-refractivity contribution is 5.91. The van der Waals surface area contributed by atoms with Crippen LogP contribution >= 0.6 is 0 Å². The molecule has 0 unspecified atom stereocenters. The van der Waals surface area contributed by atoms with Crippen molar-refractivity contribution in [2.75, 3.05) is 0 Å². The van der Waals surface area contributed by atoms with Gasteiger partial charge in [0.15, 0.2) is 0 Å². The van der Waals surface area contributed by atoms with Crippen molar-refractivity contribution in [3.05, 3.63) is 47.0 Å². The number of rotatable bonds is 3. The third-order valence-corrected chi connectivity index (χ3v) is 3.46. The quantitative estimate of drug-likeness (QED) is 0.697. The third-order valence-electron chi connectivity index (χ3n) is 3.46. The van der Waals surface area contributed by atoms with Gasteiger partial charge in [-0.25, -0.2) is 0 Å². The molecule has 0 bridgehead atoms. The van der Waals surface area contributed by atoms with E-state index in [1.807, 2.05) is 12.1 Å². The second-order valence-electron chi connectivity index (χ2n) is 5.52. The number of carbonyl (C=O) groups excluding carboxylic acids is 1. The molecule has 0 amide bonds. The summed E-state index contributed by atoms with van der Waals surface area (Å²) >= 11 is 0. The maximum Gasteiger partial charge on any atom is 0.150 e. The Hall–Kier alpha value is -1.63. The summed E-state index contributed by atoms with van der Waals surface area (Å²) in [6.45, 7) is 8.84. The van der Waals surface area contributed by atoms with Crippen LogP contribution in [0.4, 0.5) is 0 Å². The summed E-state index contributed by atoms with van der Waals surface area (Å²) in [6.07, 6.45) is 0.913. The molecule has 1 nitrogen and oxygen atoms in total. The predicted octanol–water partition coefficient (Wildman–Crippen LogP) is 4.90. The van der Waals surface area contributed by atoms with Crippen LogP contribution in [0.25, 0.3) is 10.8 Å². The molecule has 18 heavy (non-hydrogen) atoms. The van der Waals surface area contributed by atoms with Crippen LogP contribution < -0.4 is 0 Å². The molecule has 0 heterocycles. The van der Waals surface area contributed by atoms with E-state index in [9.17, 15) is 4.79 Å². The van der Waals surface area contributed by atoms with Gasteiger partial charge in [0.1, 0.15) is 6.29 Å².